The lowest BCUT2D eigenvalue weighted by Gasteiger charge is -2.09. The van der Waals surface area contributed by atoms with Gasteiger partial charge in [0.05, 0.1) is 5.02 Å². The molecule has 0 saturated carbocycles. The second kappa shape index (κ2) is 6.95. The number of hydrogen-bond acceptors (Lipinski definition) is 5. The minimum Gasteiger partial charge on any atom is -0.424 e. The summed E-state index contributed by atoms with van der Waals surface area (Å²) in [5.74, 6) is 3.32. The number of anilines is 1. The number of fused-ring (bicyclic) bond motifs is 1. The van der Waals surface area contributed by atoms with Gasteiger partial charge in [0.25, 0.3) is 0 Å². The molecule has 2 aromatic heterocycles. The molecule has 2 N–H and O–H groups in total. The Morgan fingerprint density at radius 1 is 1.29 bits per heavy atom. The largest absolute Gasteiger partial charge is 0.424 e. The van der Waals surface area contributed by atoms with Gasteiger partial charge in [-0.15, -0.1) is 12.3 Å². The number of benzene rings is 1. The van der Waals surface area contributed by atoms with Crippen LogP contribution in [0.5, 0.6) is 11.8 Å². The third-order valence-corrected chi connectivity index (χ3v) is 3.85. The number of aryl methyl sites for hydroxylation is 1. The van der Waals surface area contributed by atoms with Crippen molar-refractivity contribution in [1.82, 2.24) is 19.5 Å². The van der Waals surface area contributed by atoms with Crippen LogP contribution in [0.4, 0.5) is 5.82 Å². The molecule has 0 aliphatic rings. The van der Waals surface area contributed by atoms with E-state index in [1.54, 1.807) is 22.8 Å². The number of terminal acetylenes is 1. The molecule has 3 rings (SSSR count). The van der Waals surface area contributed by atoms with E-state index in [4.69, 9.17) is 40.1 Å². The Morgan fingerprint density at radius 2 is 2.12 bits per heavy atom. The summed E-state index contributed by atoms with van der Waals surface area (Å²) in [6.07, 6.45) is 8.08. The Labute approximate surface area is 148 Å². The van der Waals surface area contributed by atoms with Crippen LogP contribution in [-0.4, -0.2) is 19.5 Å². The van der Waals surface area contributed by atoms with Crippen LogP contribution in [0, 0.1) is 12.3 Å². The van der Waals surface area contributed by atoms with Crippen molar-refractivity contribution in [1.29, 1.82) is 0 Å². The number of nitrogens with zero attached hydrogens (tertiary/aromatic N) is 4. The highest BCUT2D eigenvalue weighted by molar-refractivity contribution is 6.35. The summed E-state index contributed by atoms with van der Waals surface area (Å²) in [6.45, 7) is 0.581. The summed E-state index contributed by atoms with van der Waals surface area (Å²) >= 11 is 12.1. The van der Waals surface area contributed by atoms with Crippen molar-refractivity contribution < 1.29 is 4.74 Å². The first-order valence-electron chi connectivity index (χ1n) is 7.13. The highest BCUT2D eigenvalue weighted by Gasteiger charge is 2.17. The highest BCUT2D eigenvalue weighted by atomic mass is 35.5. The Hall–Kier alpha value is -2.49. The zero-order chi connectivity index (χ0) is 17.1. The van der Waals surface area contributed by atoms with Gasteiger partial charge >= 0.3 is 6.01 Å². The van der Waals surface area contributed by atoms with Crippen LogP contribution in [0.15, 0.2) is 24.5 Å². The lowest BCUT2D eigenvalue weighted by molar-refractivity contribution is 0.412. The Morgan fingerprint density at radius 3 is 2.88 bits per heavy atom. The molecule has 0 radical (unpaired) electrons. The van der Waals surface area contributed by atoms with Gasteiger partial charge in [0.2, 0.25) is 0 Å². The van der Waals surface area contributed by atoms with Crippen molar-refractivity contribution in [3.05, 3.63) is 34.6 Å². The molecular weight excluding hydrogens is 349 g/mol. The van der Waals surface area contributed by atoms with Crippen molar-refractivity contribution in [3.63, 3.8) is 0 Å². The second-order valence-electron chi connectivity index (χ2n) is 4.96. The molecule has 0 spiro atoms. The van der Waals surface area contributed by atoms with Gasteiger partial charge in [-0.2, -0.15) is 4.98 Å². The molecule has 0 atom stereocenters. The second-order valence-corrected chi connectivity index (χ2v) is 5.81. The standard InChI is InChI=1S/C16H13Cl2N5O/c1-2-3-4-7-23-15-13(14(19)20-9-21-15)22-16(23)24-12-6-5-10(17)8-11(12)18/h1,5-6,8-9H,3-4,7H2,(H2,19,20,21). The number of rotatable bonds is 5. The molecular formula is C16H13Cl2N5O. The maximum atomic E-state index is 6.16. The van der Waals surface area contributed by atoms with Crippen LogP contribution >= 0.6 is 23.2 Å². The van der Waals surface area contributed by atoms with Crippen LogP contribution in [0.2, 0.25) is 10.0 Å². The quantitative estimate of drug-likeness (QED) is 0.550. The molecule has 24 heavy (non-hydrogen) atoms. The van der Waals surface area contributed by atoms with Crippen molar-refractivity contribution in [2.75, 3.05) is 5.73 Å². The fraction of sp³-hybridized carbons (Fsp3) is 0.188. The number of nitrogens with two attached hydrogens (primary N) is 1. The van der Waals surface area contributed by atoms with Crippen LogP contribution < -0.4 is 10.5 Å². The minimum absolute atomic E-state index is 0.280. The molecule has 6 nitrogen and oxygen atoms in total. The number of unbranched alkanes of at least 4 members (excludes halogenated alkanes) is 1. The van der Waals surface area contributed by atoms with E-state index < -0.39 is 0 Å². The average Bonchev–Trinajstić information content (AvgIpc) is 2.90. The molecule has 0 saturated heterocycles. The van der Waals surface area contributed by atoms with Crippen LogP contribution in [0.1, 0.15) is 12.8 Å². The molecule has 0 fully saturated rings. The topological polar surface area (TPSA) is 78.9 Å². The molecule has 2 heterocycles. The zero-order valence-corrected chi connectivity index (χ0v) is 14.1. The monoisotopic (exact) mass is 361 g/mol. The van der Waals surface area contributed by atoms with Gasteiger partial charge in [-0.1, -0.05) is 23.2 Å². The molecule has 3 aromatic rings. The molecule has 1 aromatic carbocycles. The summed E-state index contributed by atoms with van der Waals surface area (Å²) in [6, 6.07) is 5.27. The van der Waals surface area contributed by atoms with E-state index in [9.17, 15) is 0 Å². The number of imidazole rings is 1. The highest BCUT2D eigenvalue weighted by Crippen LogP contribution is 2.33. The minimum atomic E-state index is 0.280. The lowest BCUT2D eigenvalue weighted by atomic mass is 10.3. The van der Waals surface area contributed by atoms with Gasteiger partial charge in [-0.25, -0.2) is 9.97 Å². The molecule has 0 amide bonds. The van der Waals surface area contributed by atoms with E-state index in [0.717, 1.165) is 6.42 Å². The Bertz CT molecular complexity index is 932. The fourth-order valence-electron chi connectivity index (χ4n) is 2.21. The van der Waals surface area contributed by atoms with Crippen molar-refractivity contribution in [3.8, 4) is 24.1 Å². The van der Waals surface area contributed by atoms with Crippen molar-refractivity contribution in [2.24, 2.45) is 0 Å². The van der Waals surface area contributed by atoms with E-state index in [1.807, 2.05) is 0 Å². The Balaban J connectivity index is 2.03. The number of ether oxygens (including phenoxy) is 1. The number of hydrogen-bond donors (Lipinski definition) is 1. The van der Waals surface area contributed by atoms with Crippen molar-refractivity contribution >= 4 is 40.2 Å². The molecule has 122 valence electrons. The van der Waals surface area contributed by atoms with E-state index in [1.165, 1.54) is 6.33 Å². The summed E-state index contributed by atoms with van der Waals surface area (Å²) in [5.41, 5.74) is 6.93. The first-order chi connectivity index (χ1) is 11.6. The summed E-state index contributed by atoms with van der Waals surface area (Å²) in [4.78, 5) is 12.6. The van der Waals surface area contributed by atoms with Crippen LogP contribution in [0.3, 0.4) is 0 Å². The number of halogens is 2. The van der Waals surface area contributed by atoms with Gasteiger partial charge in [0, 0.05) is 18.0 Å². The Kier molecular flexibility index (Phi) is 4.74. The van der Waals surface area contributed by atoms with Gasteiger partial charge < -0.3 is 10.5 Å². The third-order valence-electron chi connectivity index (χ3n) is 3.32. The first kappa shape index (κ1) is 16.4. The molecule has 0 aliphatic heterocycles. The molecule has 8 heteroatoms. The third kappa shape index (κ3) is 3.23. The van der Waals surface area contributed by atoms with Gasteiger partial charge in [0.1, 0.15) is 12.1 Å². The number of nitrogen functional groups attached to an aromatic ring is 1. The average molecular weight is 362 g/mol. The number of aromatic nitrogens is 4. The maximum absolute atomic E-state index is 6.16. The van der Waals surface area contributed by atoms with E-state index in [0.29, 0.717) is 45.9 Å². The first-order valence-corrected chi connectivity index (χ1v) is 7.89. The van der Waals surface area contributed by atoms with E-state index in [-0.39, 0.29) is 5.82 Å². The maximum Gasteiger partial charge on any atom is 0.304 e. The van der Waals surface area contributed by atoms with Gasteiger partial charge in [0.15, 0.2) is 17.0 Å². The van der Waals surface area contributed by atoms with Gasteiger partial charge in [-0.3, -0.25) is 4.57 Å². The predicted molar refractivity (Wildman–Crippen MR) is 94.3 cm³/mol. The lowest BCUT2D eigenvalue weighted by Crippen LogP contribution is -2.03. The van der Waals surface area contributed by atoms with Gasteiger partial charge in [-0.05, 0) is 24.6 Å². The SMILES string of the molecule is C#CCCCn1c(Oc2ccc(Cl)cc2Cl)nc2c(N)ncnc21. The molecule has 0 unspecified atom stereocenters. The summed E-state index contributed by atoms with van der Waals surface area (Å²) < 4.78 is 7.65. The summed E-state index contributed by atoms with van der Waals surface area (Å²) in [5, 5.41) is 0.897. The fourth-order valence-corrected chi connectivity index (χ4v) is 2.66. The van der Waals surface area contributed by atoms with Crippen LogP contribution in [-0.2, 0) is 6.54 Å². The molecule has 0 bridgehead atoms. The zero-order valence-electron chi connectivity index (χ0n) is 12.5. The predicted octanol–water partition coefficient (Wildman–Crippen LogP) is 3.92. The smallest absolute Gasteiger partial charge is 0.304 e. The molecule has 0 aliphatic carbocycles. The van der Waals surface area contributed by atoms with Crippen molar-refractivity contribution in [2.45, 2.75) is 19.4 Å². The van der Waals surface area contributed by atoms with E-state index in [2.05, 4.69) is 20.9 Å². The van der Waals surface area contributed by atoms with E-state index >= 15 is 0 Å². The van der Waals surface area contributed by atoms with Crippen LogP contribution in [0.25, 0.3) is 11.2 Å². The summed E-state index contributed by atoms with van der Waals surface area (Å²) in [7, 11) is 0. The normalized spacial score (nSPS) is 10.7.